The third-order valence-corrected chi connectivity index (χ3v) is 4.55. The first-order chi connectivity index (χ1) is 8.84. The number of aliphatic carboxylic acids is 1. The molecule has 0 fully saturated rings. The minimum atomic E-state index is -1.06. The van der Waals surface area contributed by atoms with Gasteiger partial charge in [-0.2, -0.15) is 11.8 Å². The maximum absolute atomic E-state index is 11.6. The fourth-order valence-electron chi connectivity index (χ4n) is 1.99. The van der Waals surface area contributed by atoms with Crippen LogP contribution in [0.25, 0.3) is 0 Å². The monoisotopic (exact) mass is 290 g/mol. The largest absolute Gasteiger partial charge is 0.480 e. The minimum absolute atomic E-state index is 0.147. The molecule has 0 aromatic rings. The van der Waals surface area contributed by atoms with Gasteiger partial charge in [-0.05, 0) is 12.8 Å². The first kappa shape index (κ1) is 18.2. The van der Waals surface area contributed by atoms with Crippen LogP contribution in [0.1, 0.15) is 46.5 Å². The Morgan fingerprint density at radius 3 is 2.26 bits per heavy atom. The zero-order valence-corrected chi connectivity index (χ0v) is 12.9. The van der Waals surface area contributed by atoms with E-state index in [9.17, 15) is 9.59 Å². The van der Waals surface area contributed by atoms with Gasteiger partial charge in [0.25, 0.3) is 0 Å². The van der Waals surface area contributed by atoms with E-state index in [4.69, 9.17) is 10.8 Å². The smallest absolute Gasteiger partial charge is 0.322 e. The lowest BCUT2D eigenvalue weighted by Crippen LogP contribution is -2.44. The summed E-state index contributed by atoms with van der Waals surface area (Å²) in [4.78, 5) is 21.9. The molecule has 0 saturated carbocycles. The lowest BCUT2D eigenvalue weighted by atomic mass is 10.00. The van der Waals surface area contributed by atoms with Gasteiger partial charge in [-0.25, -0.2) is 0 Å². The molecule has 0 spiro atoms. The Labute approximate surface area is 119 Å². The zero-order chi connectivity index (χ0) is 14.9. The van der Waals surface area contributed by atoms with Crippen molar-refractivity contribution < 1.29 is 14.7 Å². The van der Waals surface area contributed by atoms with Crippen molar-refractivity contribution in [1.82, 2.24) is 5.32 Å². The lowest BCUT2D eigenvalue weighted by molar-refractivity contribution is -0.138. The van der Waals surface area contributed by atoms with E-state index in [2.05, 4.69) is 26.1 Å². The second kappa shape index (κ2) is 9.20. The first-order valence-corrected chi connectivity index (χ1v) is 7.72. The van der Waals surface area contributed by atoms with Gasteiger partial charge in [-0.1, -0.05) is 33.6 Å². The Bertz CT molecular complexity index is 292. The molecular weight excluding hydrogens is 264 g/mol. The number of nitrogens with one attached hydrogen (secondary N) is 1. The van der Waals surface area contributed by atoms with Crippen LogP contribution >= 0.6 is 11.8 Å². The van der Waals surface area contributed by atoms with E-state index in [0.29, 0.717) is 5.75 Å². The van der Waals surface area contributed by atoms with Crippen molar-refractivity contribution in [1.29, 1.82) is 0 Å². The van der Waals surface area contributed by atoms with E-state index in [0.717, 1.165) is 25.7 Å². The topological polar surface area (TPSA) is 92.4 Å². The van der Waals surface area contributed by atoms with Gasteiger partial charge < -0.3 is 16.2 Å². The van der Waals surface area contributed by atoms with E-state index < -0.39 is 17.9 Å². The van der Waals surface area contributed by atoms with Crippen LogP contribution in [-0.2, 0) is 9.59 Å². The predicted octanol–water partition coefficient (Wildman–Crippen LogP) is 1.61. The normalized spacial score (nSPS) is 13.1. The van der Waals surface area contributed by atoms with Gasteiger partial charge in [0, 0.05) is 10.5 Å². The fourth-order valence-corrected chi connectivity index (χ4v) is 3.42. The Morgan fingerprint density at radius 1 is 1.32 bits per heavy atom. The van der Waals surface area contributed by atoms with Crippen LogP contribution in [0.15, 0.2) is 0 Å². The van der Waals surface area contributed by atoms with Gasteiger partial charge in [0.1, 0.15) is 6.54 Å². The maximum atomic E-state index is 11.6. The molecule has 0 radical (unpaired) electrons. The third-order valence-electron chi connectivity index (χ3n) is 2.92. The van der Waals surface area contributed by atoms with Crippen molar-refractivity contribution in [2.24, 2.45) is 5.73 Å². The van der Waals surface area contributed by atoms with E-state index in [1.54, 1.807) is 11.8 Å². The molecule has 0 unspecified atom stereocenters. The summed E-state index contributed by atoms with van der Waals surface area (Å²) >= 11 is 1.71. The number of amides is 1. The summed E-state index contributed by atoms with van der Waals surface area (Å²) in [7, 11) is 0. The van der Waals surface area contributed by atoms with Gasteiger partial charge in [-0.3, -0.25) is 9.59 Å². The molecule has 0 rings (SSSR count). The van der Waals surface area contributed by atoms with Crippen LogP contribution < -0.4 is 11.1 Å². The highest BCUT2D eigenvalue weighted by molar-refractivity contribution is 8.00. The molecule has 5 nitrogen and oxygen atoms in total. The van der Waals surface area contributed by atoms with Gasteiger partial charge in [-0.15, -0.1) is 0 Å². The van der Waals surface area contributed by atoms with Crippen LogP contribution in [0.5, 0.6) is 0 Å². The third kappa shape index (κ3) is 8.10. The molecule has 0 aliphatic carbocycles. The summed E-state index contributed by atoms with van der Waals surface area (Å²) in [6, 6.07) is -0.655. The molecule has 0 aromatic carbocycles. The standard InChI is InChI=1S/C13H26N2O3S/c1-4-6-13(3,7-5-2)19-9-10(14)12(18)15-8-11(16)17/h10H,4-9,14H2,1-3H3,(H,15,18)(H,16,17)/t10-/m0/s1. The number of thioether (sulfide) groups is 1. The Morgan fingerprint density at radius 2 is 1.84 bits per heavy atom. The van der Waals surface area contributed by atoms with Gasteiger partial charge in [0.05, 0.1) is 6.04 Å². The van der Waals surface area contributed by atoms with Gasteiger partial charge in [0.15, 0.2) is 0 Å². The Balaban J connectivity index is 4.20. The molecule has 1 atom stereocenters. The van der Waals surface area contributed by atoms with Gasteiger partial charge in [0.2, 0.25) is 5.91 Å². The minimum Gasteiger partial charge on any atom is -0.480 e. The number of hydrogen-bond acceptors (Lipinski definition) is 4. The molecule has 112 valence electrons. The molecule has 19 heavy (non-hydrogen) atoms. The molecular formula is C13H26N2O3S. The molecule has 0 aliphatic rings. The van der Waals surface area contributed by atoms with Crippen LogP contribution in [0, 0.1) is 0 Å². The fraction of sp³-hybridized carbons (Fsp3) is 0.846. The summed E-state index contributed by atoms with van der Waals surface area (Å²) < 4.78 is 0.147. The number of carbonyl (C=O) groups is 2. The van der Waals surface area contributed by atoms with Crippen molar-refractivity contribution >= 4 is 23.6 Å². The molecule has 0 bridgehead atoms. The lowest BCUT2D eigenvalue weighted by Gasteiger charge is -2.29. The van der Waals surface area contributed by atoms with Crippen molar-refractivity contribution in [3.05, 3.63) is 0 Å². The van der Waals surface area contributed by atoms with E-state index in [-0.39, 0.29) is 11.3 Å². The molecule has 0 aromatic heterocycles. The Kier molecular flexibility index (Phi) is 8.84. The van der Waals surface area contributed by atoms with E-state index in [1.807, 2.05) is 0 Å². The number of carbonyl (C=O) groups excluding carboxylic acids is 1. The average molecular weight is 290 g/mol. The highest BCUT2D eigenvalue weighted by atomic mass is 32.2. The van der Waals surface area contributed by atoms with Crippen LogP contribution in [0.2, 0.25) is 0 Å². The number of hydrogen-bond donors (Lipinski definition) is 3. The molecule has 0 aliphatic heterocycles. The second-order valence-corrected chi connectivity index (χ2v) is 6.59. The Hall–Kier alpha value is -0.750. The summed E-state index contributed by atoms with van der Waals surface area (Å²) in [6.07, 6.45) is 4.39. The van der Waals surface area contributed by atoms with Crippen molar-refractivity contribution in [3.63, 3.8) is 0 Å². The second-order valence-electron chi connectivity index (χ2n) is 4.98. The zero-order valence-electron chi connectivity index (χ0n) is 12.1. The van der Waals surface area contributed by atoms with Crippen LogP contribution in [0.4, 0.5) is 0 Å². The molecule has 0 heterocycles. The van der Waals surface area contributed by atoms with Crippen LogP contribution in [-0.4, -0.2) is 40.1 Å². The summed E-state index contributed by atoms with van der Waals surface area (Å²) in [5, 5.41) is 10.8. The summed E-state index contributed by atoms with van der Waals surface area (Å²) in [5.41, 5.74) is 5.78. The number of carboxylic acids is 1. The summed E-state index contributed by atoms with van der Waals surface area (Å²) in [6.45, 7) is 6.12. The van der Waals surface area contributed by atoms with E-state index in [1.165, 1.54) is 0 Å². The highest BCUT2D eigenvalue weighted by Gasteiger charge is 2.25. The summed E-state index contributed by atoms with van der Waals surface area (Å²) in [5.74, 6) is -0.942. The highest BCUT2D eigenvalue weighted by Crippen LogP contribution is 2.34. The quantitative estimate of drug-likeness (QED) is 0.568. The number of rotatable bonds is 10. The number of carboxylic acid groups (broad SMARTS) is 1. The van der Waals surface area contributed by atoms with Gasteiger partial charge >= 0.3 is 5.97 Å². The van der Waals surface area contributed by atoms with Crippen LogP contribution in [0.3, 0.4) is 0 Å². The van der Waals surface area contributed by atoms with Crippen molar-refractivity contribution in [3.8, 4) is 0 Å². The maximum Gasteiger partial charge on any atom is 0.322 e. The predicted molar refractivity (Wildman–Crippen MR) is 79.3 cm³/mol. The van der Waals surface area contributed by atoms with Crippen molar-refractivity contribution in [2.75, 3.05) is 12.3 Å². The molecule has 0 saturated heterocycles. The molecule has 4 N–H and O–H groups in total. The van der Waals surface area contributed by atoms with E-state index >= 15 is 0 Å². The molecule has 6 heteroatoms. The van der Waals surface area contributed by atoms with Crippen molar-refractivity contribution in [2.45, 2.75) is 57.2 Å². The average Bonchev–Trinajstić information content (AvgIpc) is 2.33. The molecule has 1 amide bonds. The SMILES string of the molecule is CCCC(C)(CCC)SC[C@H](N)C(=O)NCC(=O)O. The number of nitrogens with two attached hydrogens (primary N) is 1. The first-order valence-electron chi connectivity index (χ1n) is 6.73.